The third-order valence-electron chi connectivity index (χ3n) is 2.31. The fraction of sp³-hybridized carbons (Fsp3) is 0.538. The predicted octanol–water partition coefficient (Wildman–Crippen LogP) is 1.44. The van der Waals surface area contributed by atoms with Gasteiger partial charge in [0.05, 0.1) is 13.2 Å². The molecule has 0 saturated carbocycles. The van der Waals surface area contributed by atoms with Gasteiger partial charge in [-0.1, -0.05) is 6.07 Å². The zero-order chi connectivity index (χ0) is 13.1. The third kappa shape index (κ3) is 8.77. The van der Waals surface area contributed by atoms with Crippen molar-refractivity contribution in [1.29, 1.82) is 0 Å². The first-order valence-corrected chi connectivity index (χ1v) is 6.28. The number of nitrogens with one attached hydrogen (secondary N) is 2. The molecule has 5 nitrogen and oxygen atoms in total. The van der Waals surface area contributed by atoms with Gasteiger partial charge in [-0.05, 0) is 19.1 Å². The van der Waals surface area contributed by atoms with E-state index in [-0.39, 0.29) is 24.0 Å². The van der Waals surface area contributed by atoms with Crippen LogP contribution in [0.3, 0.4) is 0 Å². The molecule has 0 radical (unpaired) electrons. The quantitative estimate of drug-likeness (QED) is 0.326. The summed E-state index contributed by atoms with van der Waals surface area (Å²) < 4.78 is 4.97. The van der Waals surface area contributed by atoms with Gasteiger partial charge in [-0.25, -0.2) is 0 Å². The molecular formula is C13H23IN4O. The van der Waals surface area contributed by atoms with Crippen LogP contribution >= 0.6 is 24.0 Å². The van der Waals surface area contributed by atoms with E-state index in [0.717, 1.165) is 31.2 Å². The molecule has 0 saturated heterocycles. The van der Waals surface area contributed by atoms with Crippen LogP contribution in [0.2, 0.25) is 0 Å². The Labute approximate surface area is 132 Å². The standard InChI is InChI=1S/C13H22N4O.HI/c1-3-14-13(17-10-11-18-2)16-9-7-12-6-4-5-8-15-12;/h4-6,8H,3,7,9-11H2,1-2H3,(H2,14,16,17);1H. The van der Waals surface area contributed by atoms with Gasteiger partial charge in [0.2, 0.25) is 0 Å². The van der Waals surface area contributed by atoms with Crippen LogP contribution in [0, 0.1) is 0 Å². The number of hydrogen-bond acceptors (Lipinski definition) is 3. The van der Waals surface area contributed by atoms with Crippen molar-refractivity contribution in [1.82, 2.24) is 15.6 Å². The first-order valence-electron chi connectivity index (χ1n) is 6.28. The molecule has 0 aromatic carbocycles. The fourth-order valence-corrected chi connectivity index (χ4v) is 1.45. The summed E-state index contributed by atoms with van der Waals surface area (Å²) >= 11 is 0. The summed E-state index contributed by atoms with van der Waals surface area (Å²) in [6.07, 6.45) is 2.70. The van der Waals surface area contributed by atoms with Gasteiger partial charge in [0.15, 0.2) is 5.96 Å². The minimum absolute atomic E-state index is 0. The molecule has 2 N–H and O–H groups in total. The molecule has 1 aromatic rings. The molecule has 6 heteroatoms. The molecule has 0 amide bonds. The van der Waals surface area contributed by atoms with E-state index in [2.05, 4.69) is 20.6 Å². The summed E-state index contributed by atoms with van der Waals surface area (Å²) in [5.74, 6) is 0.825. The zero-order valence-corrected chi connectivity index (χ0v) is 13.9. The second kappa shape index (κ2) is 12.2. The molecule has 19 heavy (non-hydrogen) atoms. The van der Waals surface area contributed by atoms with E-state index in [1.807, 2.05) is 31.3 Å². The van der Waals surface area contributed by atoms with Crippen molar-refractivity contribution in [2.45, 2.75) is 13.3 Å². The maximum absolute atomic E-state index is 4.97. The fourth-order valence-electron chi connectivity index (χ4n) is 1.45. The Hall–Kier alpha value is -0.890. The highest BCUT2D eigenvalue weighted by atomic mass is 127. The summed E-state index contributed by atoms with van der Waals surface area (Å²) in [6.45, 7) is 5.01. The molecule has 0 bridgehead atoms. The number of hydrogen-bond donors (Lipinski definition) is 2. The molecule has 0 aliphatic heterocycles. The largest absolute Gasteiger partial charge is 0.383 e. The number of nitrogens with zero attached hydrogens (tertiary/aromatic N) is 2. The highest BCUT2D eigenvalue weighted by Gasteiger charge is 1.97. The average molecular weight is 378 g/mol. The highest BCUT2D eigenvalue weighted by Crippen LogP contribution is 1.92. The van der Waals surface area contributed by atoms with Crippen LogP contribution in [-0.2, 0) is 11.2 Å². The number of methoxy groups -OCH3 is 1. The molecular weight excluding hydrogens is 355 g/mol. The van der Waals surface area contributed by atoms with E-state index >= 15 is 0 Å². The van der Waals surface area contributed by atoms with Crippen molar-refractivity contribution < 1.29 is 4.74 Å². The van der Waals surface area contributed by atoms with Gasteiger partial charge in [0, 0.05) is 38.5 Å². The van der Waals surface area contributed by atoms with Crippen molar-refractivity contribution >= 4 is 29.9 Å². The lowest BCUT2D eigenvalue weighted by atomic mass is 10.3. The van der Waals surface area contributed by atoms with Gasteiger partial charge in [0.1, 0.15) is 0 Å². The molecule has 1 rings (SSSR count). The Morgan fingerprint density at radius 1 is 1.37 bits per heavy atom. The Morgan fingerprint density at radius 3 is 2.84 bits per heavy atom. The lowest BCUT2D eigenvalue weighted by Gasteiger charge is -2.10. The SMILES string of the molecule is CCNC(=NCCOC)NCCc1ccccn1.I. The van der Waals surface area contributed by atoms with Gasteiger partial charge < -0.3 is 15.4 Å². The van der Waals surface area contributed by atoms with E-state index in [1.165, 1.54) is 0 Å². The number of rotatable bonds is 7. The molecule has 1 aromatic heterocycles. The summed E-state index contributed by atoms with van der Waals surface area (Å²) in [6, 6.07) is 5.95. The van der Waals surface area contributed by atoms with E-state index in [0.29, 0.717) is 13.2 Å². The Bertz CT molecular complexity index is 346. The van der Waals surface area contributed by atoms with Crippen molar-refractivity contribution in [3.05, 3.63) is 30.1 Å². The van der Waals surface area contributed by atoms with Gasteiger partial charge >= 0.3 is 0 Å². The van der Waals surface area contributed by atoms with E-state index in [1.54, 1.807) is 7.11 Å². The van der Waals surface area contributed by atoms with E-state index in [4.69, 9.17) is 4.74 Å². The zero-order valence-electron chi connectivity index (χ0n) is 11.6. The molecule has 1 heterocycles. The first kappa shape index (κ1) is 18.1. The Balaban J connectivity index is 0.00000324. The van der Waals surface area contributed by atoms with E-state index in [9.17, 15) is 0 Å². The molecule has 0 fully saturated rings. The van der Waals surface area contributed by atoms with Crippen LogP contribution < -0.4 is 10.6 Å². The number of pyridine rings is 1. The second-order valence-corrected chi connectivity index (χ2v) is 3.75. The maximum Gasteiger partial charge on any atom is 0.191 e. The van der Waals surface area contributed by atoms with Crippen molar-refractivity contribution in [2.24, 2.45) is 4.99 Å². The van der Waals surface area contributed by atoms with Gasteiger partial charge in [-0.3, -0.25) is 9.98 Å². The molecule has 0 unspecified atom stereocenters. The van der Waals surface area contributed by atoms with Gasteiger partial charge in [-0.15, -0.1) is 24.0 Å². The number of guanidine groups is 1. The highest BCUT2D eigenvalue weighted by molar-refractivity contribution is 14.0. The van der Waals surface area contributed by atoms with Gasteiger partial charge in [0.25, 0.3) is 0 Å². The predicted molar refractivity (Wildman–Crippen MR) is 89.2 cm³/mol. The van der Waals surface area contributed by atoms with Crippen LogP contribution in [0.5, 0.6) is 0 Å². The van der Waals surface area contributed by atoms with Crippen molar-refractivity contribution in [3.63, 3.8) is 0 Å². The lowest BCUT2D eigenvalue weighted by Crippen LogP contribution is -2.38. The summed E-state index contributed by atoms with van der Waals surface area (Å²) in [5.41, 5.74) is 1.08. The molecule has 0 aliphatic carbocycles. The number of ether oxygens (including phenoxy) is 1. The Morgan fingerprint density at radius 2 is 2.21 bits per heavy atom. The first-order chi connectivity index (χ1) is 8.86. The molecule has 0 spiro atoms. The number of aromatic nitrogens is 1. The summed E-state index contributed by atoms with van der Waals surface area (Å²) in [4.78, 5) is 8.66. The normalized spacial score (nSPS) is 10.7. The average Bonchev–Trinajstić information content (AvgIpc) is 2.40. The topological polar surface area (TPSA) is 58.5 Å². The van der Waals surface area contributed by atoms with Gasteiger partial charge in [-0.2, -0.15) is 0 Å². The lowest BCUT2D eigenvalue weighted by molar-refractivity contribution is 0.208. The van der Waals surface area contributed by atoms with Crippen LogP contribution in [-0.4, -0.2) is 44.3 Å². The molecule has 0 atom stereocenters. The van der Waals surface area contributed by atoms with Crippen molar-refractivity contribution in [2.75, 3.05) is 33.4 Å². The minimum atomic E-state index is 0. The Kier molecular flexibility index (Phi) is 11.6. The van der Waals surface area contributed by atoms with Crippen LogP contribution in [0.25, 0.3) is 0 Å². The maximum atomic E-state index is 4.97. The summed E-state index contributed by atoms with van der Waals surface area (Å²) in [7, 11) is 1.68. The second-order valence-electron chi connectivity index (χ2n) is 3.75. The molecule has 0 aliphatic rings. The number of halogens is 1. The third-order valence-corrected chi connectivity index (χ3v) is 2.31. The smallest absolute Gasteiger partial charge is 0.191 e. The number of aliphatic imine (C=N–C) groups is 1. The van der Waals surface area contributed by atoms with Crippen LogP contribution in [0.1, 0.15) is 12.6 Å². The van der Waals surface area contributed by atoms with E-state index < -0.39 is 0 Å². The van der Waals surface area contributed by atoms with Crippen molar-refractivity contribution in [3.8, 4) is 0 Å². The van der Waals surface area contributed by atoms with Crippen LogP contribution in [0.4, 0.5) is 0 Å². The summed E-state index contributed by atoms with van der Waals surface area (Å²) in [5, 5.41) is 6.46. The van der Waals surface area contributed by atoms with Crippen LogP contribution in [0.15, 0.2) is 29.4 Å². The molecule has 108 valence electrons. The monoisotopic (exact) mass is 378 g/mol. The minimum Gasteiger partial charge on any atom is -0.383 e.